The molecule has 0 saturated heterocycles. The summed E-state index contributed by atoms with van der Waals surface area (Å²) in [5.74, 6) is -0.107. The second kappa shape index (κ2) is 10.0. The Morgan fingerprint density at radius 3 is 2.42 bits per heavy atom. The van der Waals surface area contributed by atoms with Crippen LogP contribution in [-0.2, 0) is 0 Å². The molecule has 0 spiro atoms. The molecule has 4 N–H and O–H groups in total. The Balaban J connectivity index is 0.00000139. The van der Waals surface area contributed by atoms with E-state index in [2.05, 4.69) is 23.3 Å². The molecule has 0 atom stereocenters. The predicted molar refractivity (Wildman–Crippen MR) is 108 cm³/mol. The lowest BCUT2D eigenvalue weighted by atomic mass is 10.1. The number of hydrogen-bond acceptors (Lipinski definition) is 4. The van der Waals surface area contributed by atoms with E-state index in [0.717, 1.165) is 28.1 Å². The van der Waals surface area contributed by atoms with Crippen LogP contribution in [0.5, 0.6) is 0 Å². The van der Waals surface area contributed by atoms with Crippen molar-refractivity contribution in [1.29, 1.82) is 0 Å². The fraction of sp³-hybridized carbons (Fsp3) is 0.316. The average molecular weight is 346 g/mol. The molecule has 0 bridgehead atoms. The second-order valence-electron chi connectivity index (χ2n) is 5.45. The summed E-state index contributed by atoms with van der Waals surface area (Å²) in [6.07, 6.45) is 1.69. The lowest BCUT2D eigenvalue weighted by Gasteiger charge is -2.13. The minimum absolute atomic E-state index is 0.107. The van der Waals surface area contributed by atoms with Crippen molar-refractivity contribution >= 4 is 29.9 Å². The summed E-state index contributed by atoms with van der Waals surface area (Å²) in [6.45, 7) is 7.28. The molecule has 4 nitrogen and oxygen atoms in total. The topological polar surface area (TPSA) is 67.2 Å². The van der Waals surface area contributed by atoms with Gasteiger partial charge in [0.2, 0.25) is 0 Å². The molecule has 2 aromatic rings. The van der Waals surface area contributed by atoms with E-state index in [-0.39, 0.29) is 5.91 Å². The van der Waals surface area contributed by atoms with E-state index in [9.17, 15) is 4.79 Å². The number of nitrogens with two attached hydrogens (primary N) is 1. The van der Waals surface area contributed by atoms with Crippen LogP contribution in [0.25, 0.3) is 0 Å². The Kier molecular flexibility index (Phi) is 8.36. The van der Waals surface area contributed by atoms with Gasteiger partial charge in [0, 0.05) is 30.0 Å². The first-order valence-corrected chi connectivity index (χ1v) is 8.79. The number of hydrogen-bond donors (Lipinski definition) is 4. The monoisotopic (exact) mass is 345 g/mol. The highest BCUT2D eigenvalue weighted by molar-refractivity contribution is 7.79. The van der Waals surface area contributed by atoms with Gasteiger partial charge in [-0.1, -0.05) is 18.2 Å². The zero-order valence-electron chi connectivity index (χ0n) is 14.8. The molecule has 0 heterocycles. The standard InChI is InChI=1S/C18H23N3O.CH4S/c1-12-5-4-6-16(14(12)3)21-18(22)15-8-7-13(2)17(11-15)20-10-9-19;1-2/h4-8,11,20H,9-10,19H2,1-3H3,(H,21,22);2H,1H3. The van der Waals surface area contributed by atoms with Crippen molar-refractivity contribution in [2.45, 2.75) is 20.8 Å². The summed E-state index contributed by atoms with van der Waals surface area (Å²) in [6, 6.07) is 11.5. The van der Waals surface area contributed by atoms with Gasteiger partial charge in [-0.25, -0.2) is 0 Å². The molecule has 5 heteroatoms. The SMILES string of the molecule is CS.Cc1ccc(C(=O)Nc2cccc(C)c2C)cc1NCCN. The number of carbonyl (C=O) groups excluding carboxylic acids is 1. The molecule has 2 rings (SSSR count). The van der Waals surface area contributed by atoms with Gasteiger partial charge in [0.15, 0.2) is 0 Å². The first-order valence-electron chi connectivity index (χ1n) is 7.90. The van der Waals surface area contributed by atoms with Crippen molar-refractivity contribution in [3.63, 3.8) is 0 Å². The molecule has 0 fully saturated rings. The van der Waals surface area contributed by atoms with Gasteiger partial charge in [-0.05, 0) is 61.9 Å². The van der Waals surface area contributed by atoms with Crippen molar-refractivity contribution in [2.24, 2.45) is 5.73 Å². The lowest BCUT2D eigenvalue weighted by molar-refractivity contribution is 0.102. The van der Waals surface area contributed by atoms with Crippen LogP contribution in [0.15, 0.2) is 36.4 Å². The number of rotatable bonds is 5. The van der Waals surface area contributed by atoms with E-state index in [1.54, 1.807) is 6.26 Å². The van der Waals surface area contributed by atoms with Crippen LogP contribution in [0.4, 0.5) is 11.4 Å². The summed E-state index contributed by atoms with van der Waals surface area (Å²) in [5, 5.41) is 6.22. The third-order valence-corrected chi connectivity index (χ3v) is 3.81. The summed E-state index contributed by atoms with van der Waals surface area (Å²) in [4.78, 5) is 12.5. The molecule has 1 amide bonds. The number of aryl methyl sites for hydroxylation is 2. The van der Waals surface area contributed by atoms with Crippen molar-refractivity contribution in [3.05, 3.63) is 58.7 Å². The fourth-order valence-electron chi connectivity index (χ4n) is 2.24. The molecule has 0 unspecified atom stereocenters. The van der Waals surface area contributed by atoms with Gasteiger partial charge >= 0.3 is 0 Å². The van der Waals surface area contributed by atoms with Crippen molar-refractivity contribution < 1.29 is 4.79 Å². The fourth-order valence-corrected chi connectivity index (χ4v) is 2.24. The summed E-state index contributed by atoms with van der Waals surface area (Å²) in [7, 11) is 0. The number of nitrogens with one attached hydrogen (secondary N) is 2. The van der Waals surface area contributed by atoms with E-state index < -0.39 is 0 Å². The highest BCUT2D eigenvalue weighted by Crippen LogP contribution is 2.21. The van der Waals surface area contributed by atoms with Crippen LogP contribution in [0.3, 0.4) is 0 Å². The van der Waals surface area contributed by atoms with Crippen molar-refractivity contribution in [3.8, 4) is 0 Å². The Hall–Kier alpha value is -1.98. The Labute approximate surface area is 150 Å². The minimum atomic E-state index is -0.107. The molecule has 130 valence electrons. The Morgan fingerprint density at radius 2 is 1.75 bits per heavy atom. The molecule has 24 heavy (non-hydrogen) atoms. The van der Waals surface area contributed by atoms with Crippen LogP contribution >= 0.6 is 12.6 Å². The van der Waals surface area contributed by atoms with E-state index in [1.165, 1.54) is 0 Å². The molecule has 0 radical (unpaired) electrons. The van der Waals surface area contributed by atoms with Gasteiger partial charge in [-0.2, -0.15) is 12.6 Å². The number of amides is 1. The number of thiol groups is 1. The molecular weight excluding hydrogens is 318 g/mol. The van der Waals surface area contributed by atoms with Crippen LogP contribution in [-0.4, -0.2) is 25.3 Å². The number of benzene rings is 2. The van der Waals surface area contributed by atoms with Gasteiger partial charge in [0.05, 0.1) is 0 Å². The smallest absolute Gasteiger partial charge is 0.255 e. The van der Waals surface area contributed by atoms with Gasteiger partial charge in [0.25, 0.3) is 5.91 Å². The molecule has 0 aromatic heterocycles. The summed E-state index contributed by atoms with van der Waals surface area (Å²) < 4.78 is 0. The first kappa shape index (κ1) is 20.1. The van der Waals surface area contributed by atoms with Crippen molar-refractivity contribution in [1.82, 2.24) is 0 Å². The molecule has 2 aromatic carbocycles. The van der Waals surface area contributed by atoms with E-state index in [0.29, 0.717) is 18.7 Å². The van der Waals surface area contributed by atoms with Crippen LogP contribution < -0.4 is 16.4 Å². The quantitative estimate of drug-likeness (QED) is 0.624. The van der Waals surface area contributed by atoms with Crippen molar-refractivity contribution in [2.75, 3.05) is 30.0 Å². The van der Waals surface area contributed by atoms with E-state index in [4.69, 9.17) is 5.73 Å². The molecule has 0 aliphatic rings. The third-order valence-electron chi connectivity index (χ3n) is 3.81. The maximum Gasteiger partial charge on any atom is 0.255 e. The molecule has 0 saturated carbocycles. The maximum atomic E-state index is 12.5. The van der Waals surface area contributed by atoms with E-state index in [1.807, 2.05) is 57.2 Å². The zero-order chi connectivity index (χ0) is 18.1. The van der Waals surface area contributed by atoms with Gasteiger partial charge < -0.3 is 16.4 Å². The van der Waals surface area contributed by atoms with Gasteiger partial charge in [0.1, 0.15) is 0 Å². The number of anilines is 2. The zero-order valence-corrected chi connectivity index (χ0v) is 15.7. The highest BCUT2D eigenvalue weighted by atomic mass is 32.1. The molecule has 0 aliphatic carbocycles. The normalized spacial score (nSPS) is 9.75. The van der Waals surface area contributed by atoms with Crippen LogP contribution in [0.1, 0.15) is 27.0 Å². The largest absolute Gasteiger partial charge is 0.384 e. The van der Waals surface area contributed by atoms with Crippen LogP contribution in [0.2, 0.25) is 0 Å². The van der Waals surface area contributed by atoms with Gasteiger partial charge in [-0.3, -0.25) is 4.79 Å². The summed E-state index contributed by atoms with van der Waals surface area (Å²) >= 11 is 3.53. The third kappa shape index (κ3) is 5.28. The molecule has 0 aliphatic heterocycles. The lowest BCUT2D eigenvalue weighted by Crippen LogP contribution is -2.16. The second-order valence-corrected chi connectivity index (χ2v) is 5.45. The van der Waals surface area contributed by atoms with Gasteiger partial charge in [-0.15, -0.1) is 0 Å². The predicted octanol–water partition coefficient (Wildman–Crippen LogP) is 3.78. The summed E-state index contributed by atoms with van der Waals surface area (Å²) in [5.41, 5.74) is 11.3. The van der Waals surface area contributed by atoms with Crippen LogP contribution in [0, 0.1) is 20.8 Å². The maximum absolute atomic E-state index is 12.5. The molecular formula is C19H27N3OS. The minimum Gasteiger partial charge on any atom is -0.384 e. The highest BCUT2D eigenvalue weighted by Gasteiger charge is 2.10. The van der Waals surface area contributed by atoms with E-state index >= 15 is 0 Å². The average Bonchev–Trinajstić information content (AvgIpc) is 2.60. The Bertz CT molecular complexity index is 686. The number of carbonyl (C=O) groups is 1. The first-order chi connectivity index (χ1) is 11.5. The Morgan fingerprint density at radius 1 is 1.04 bits per heavy atom.